The Morgan fingerprint density at radius 1 is 1.20 bits per heavy atom. The summed E-state index contributed by atoms with van der Waals surface area (Å²) >= 11 is 0. The number of carbonyl (C=O) groups is 1. The third-order valence-corrected chi connectivity index (χ3v) is 4.05. The van der Waals surface area contributed by atoms with E-state index >= 15 is 0 Å². The van der Waals surface area contributed by atoms with Gasteiger partial charge >= 0.3 is 0 Å². The van der Waals surface area contributed by atoms with Crippen LogP contribution in [0.3, 0.4) is 0 Å². The Morgan fingerprint density at radius 3 is 2.45 bits per heavy atom. The van der Waals surface area contributed by atoms with Gasteiger partial charge in [0, 0.05) is 6.20 Å². The van der Waals surface area contributed by atoms with Crippen molar-refractivity contribution in [1.82, 2.24) is 15.2 Å². The van der Waals surface area contributed by atoms with Gasteiger partial charge in [-0.25, -0.2) is 8.42 Å². The topological polar surface area (TPSA) is 91.1 Å². The third kappa shape index (κ3) is 3.25. The van der Waals surface area contributed by atoms with Gasteiger partial charge in [0.2, 0.25) is 0 Å². The van der Waals surface area contributed by atoms with Gasteiger partial charge in [0.1, 0.15) is 5.69 Å². The number of carbonyl (C=O) groups excluding carboxylic acids is 1. The van der Waals surface area contributed by atoms with E-state index in [0.717, 1.165) is 12.0 Å². The van der Waals surface area contributed by atoms with Gasteiger partial charge in [-0.3, -0.25) is 10.2 Å². The number of aryl methyl sites for hydroxylation is 1. The van der Waals surface area contributed by atoms with Crippen molar-refractivity contribution in [3.63, 3.8) is 0 Å². The first-order valence-electron chi connectivity index (χ1n) is 6.07. The van der Waals surface area contributed by atoms with Crippen LogP contribution in [0.4, 0.5) is 0 Å². The number of benzene rings is 1. The first-order valence-corrected chi connectivity index (χ1v) is 7.55. The van der Waals surface area contributed by atoms with Crippen LogP contribution >= 0.6 is 0 Å². The molecule has 2 aromatic rings. The van der Waals surface area contributed by atoms with Crippen molar-refractivity contribution in [1.29, 1.82) is 0 Å². The summed E-state index contributed by atoms with van der Waals surface area (Å²) in [5, 5.41) is 0. The van der Waals surface area contributed by atoms with Gasteiger partial charge in [0.25, 0.3) is 15.9 Å². The Bertz CT molecular complexity index is 676. The summed E-state index contributed by atoms with van der Waals surface area (Å²) in [6, 6.07) is 9.67. The number of hydrogen-bond donors (Lipinski definition) is 3. The summed E-state index contributed by atoms with van der Waals surface area (Å²) in [6.45, 7) is 1.98. The Labute approximate surface area is 117 Å². The molecule has 1 aromatic heterocycles. The molecule has 0 saturated heterocycles. The molecule has 0 aliphatic heterocycles. The van der Waals surface area contributed by atoms with E-state index < -0.39 is 15.9 Å². The largest absolute Gasteiger partial charge is 0.357 e. The molecule has 0 fully saturated rings. The number of amides is 1. The maximum Gasteiger partial charge on any atom is 0.282 e. The van der Waals surface area contributed by atoms with E-state index in [2.05, 4.69) is 15.2 Å². The summed E-state index contributed by atoms with van der Waals surface area (Å²) in [7, 11) is -3.77. The number of hydrazine groups is 1. The maximum atomic E-state index is 12.0. The molecule has 1 aromatic carbocycles. The number of aromatic nitrogens is 1. The Hall–Kier alpha value is -2.12. The fraction of sp³-hybridized carbons (Fsp3) is 0.154. The van der Waals surface area contributed by atoms with Gasteiger partial charge in [0.05, 0.1) is 4.90 Å². The predicted octanol–water partition coefficient (Wildman–Crippen LogP) is 1.20. The smallest absolute Gasteiger partial charge is 0.282 e. The molecule has 0 spiro atoms. The van der Waals surface area contributed by atoms with E-state index in [0.29, 0.717) is 0 Å². The van der Waals surface area contributed by atoms with Gasteiger partial charge in [-0.15, -0.1) is 4.83 Å². The summed E-state index contributed by atoms with van der Waals surface area (Å²) in [5.74, 6) is -0.552. The zero-order valence-electron chi connectivity index (χ0n) is 10.9. The van der Waals surface area contributed by atoms with Crippen LogP contribution < -0.4 is 10.3 Å². The zero-order chi connectivity index (χ0) is 14.6. The number of H-pyrrole nitrogens is 1. The first-order chi connectivity index (χ1) is 9.53. The van der Waals surface area contributed by atoms with E-state index in [1.54, 1.807) is 30.5 Å². The fourth-order valence-corrected chi connectivity index (χ4v) is 2.45. The van der Waals surface area contributed by atoms with Crippen LogP contribution in [0, 0.1) is 0 Å². The third-order valence-electron chi connectivity index (χ3n) is 2.78. The molecule has 0 unspecified atom stereocenters. The summed E-state index contributed by atoms with van der Waals surface area (Å²) < 4.78 is 23.9. The minimum atomic E-state index is -3.77. The Balaban J connectivity index is 2.05. The van der Waals surface area contributed by atoms with Crippen LogP contribution in [-0.4, -0.2) is 19.3 Å². The lowest BCUT2D eigenvalue weighted by Gasteiger charge is -2.08. The van der Waals surface area contributed by atoms with Gasteiger partial charge < -0.3 is 4.98 Å². The lowest BCUT2D eigenvalue weighted by atomic mass is 10.2. The average Bonchev–Trinajstić information content (AvgIpc) is 2.99. The second-order valence-electron chi connectivity index (χ2n) is 4.14. The number of rotatable bonds is 5. The van der Waals surface area contributed by atoms with Crippen LogP contribution in [0.2, 0.25) is 0 Å². The molecule has 1 heterocycles. The molecule has 3 N–H and O–H groups in total. The minimum Gasteiger partial charge on any atom is -0.357 e. The number of aromatic amines is 1. The van der Waals surface area contributed by atoms with Crippen LogP contribution in [0.15, 0.2) is 47.5 Å². The van der Waals surface area contributed by atoms with E-state index in [1.165, 1.54) is 12.1 Å². The fourth-order valence-electron chi connectivity index (χ4n) is 1.62. The highest BCUT2D eigenvalue weighted by Crippen LogP contribution is 2.10. The molecular formula is C13H15N3O3S. The molecule has 0 aliphatic rings. The van der Waals surface area contributed by atoms with E-state index in [1.807, 2.05) is 6.92 Å². The van der Waals surface area contributed by atoms with Gasteiger partial charge in [0.15, 0.2) is 0 Å². The van der Waals surface area contributed by atoms with Gasteiger partial charge in [-0.2, -0.15) is 0 Å². The van der Waals surface area contributed by atoms with Gasteiger partial charge in [-0.05, 0) is 36.2 Å². The molecule has 20 heavy (non-hydrogen) atoms. The molecule has 1 amide bonds. The maximum absolute atomic E-state index is 12.0. The lowest BCUT2D eigenvalue weighted by molar-refractivity contribution is 0.0940. The lowest BCUT2D eigenvalue weighted by Crippen LogP contribution is -2.41. The van der Waals surface area contributed by atoms with Crippen molar-refractivity contribution >= 4 is 15.9 Å². The molecule has 0 bridgehead atoms. The van der Waals surface area contributed by atoms with Crippen LogP contribution in [0.25, 0.3) is 0 Å². The van der Waals surface area contributed by atoms with Crippen LogP contribution in [0.5, 0.6) is 0 Å². The predicted molar refractivity (Wildman–Crippen MR) is 74.4 cm³/mol. The van der Waals surface area contributed by atoms with Crippen LogP contribution in [0.1, 0.15) is 23.0 Å². The monoisotopic (exact) mass is 293 g/mol. The summed E-state index contributed by atoms with van der Waals surface area (Å²) in [6.07, 6.45) is 2.41. The summed E-state index contributed by atoms with van der Waals surface area (Å²) in [4.78, 5) is 16.4. The molecular weight excluding hydrogens is 278 g/mol. The van der Waals surface area contributed by atoms with E-state index in [9.17, 15) is 13.2 Å². The second-order valence-corrected chi connectivity index (χ2v) is 5.82. The van der Waals surface area contributed by atoms with Crippen molar-refractivity contribution in [3.05, 3.63) is 53.9 Å². The van der Waals surface area contributed by atoms with Crippen molar-refractivity contribution in [2.45, 2.75) is 18.2 Å². The number of sulfonamides is 1. The van der Waals surface area contributed by atoms with Gasteiger partial charge in [-0.1, -0.05) is 19.1 Å². The molecule has 6 nitrogen and oxygen atoms in total. The Kier molecular flexibility index (Phi) is 4.21. The average molecular weight is 293 g/mol. The molecule has 0 atom stereocenters. The summed E-state index contributed by atoms with van der Waals surface area (Å²) in [5.41, 5.74) is 3.46. The highest BCUT2D eigenvalue weighted by atomic mass is 32.2. The first kappa shape index (κ1) is 14.3. The minimum absolute atomic E-state index is 0.0986. The highest BCUT2D eigenvalue weighted by molar-refractivity contribution is 7.89. The Morgan fingerprint density at radius 2 is 1.90 bits per heavy atom. The van der Waals surface area contributed by atoms with Crippen molar-refractivity contribution in [3.8, 4) is 0 Å². The number of hydrogen-bond acceptors (Lipinski definition) is 3. The normalized spacial score (nSPS) is 11.2. The second kappa shape index (κ2) is 5.89. The van der Waals surface area contributed by atoms with E-state index in [4.69, 9.17) is 0 Å². The van der Waals surface area contributed by atoms with Crippen molar-refractivity contribution in [2.75, 3.05) is 0 Å². The number of nitrogens with one attached hydrogen (secondary N) is 3. The van der Waals surface area contributed by atoms with Crippen LogP contribution in [-0.2, 0) is 16.4 Å². The SMILES string of the molecule is CCc1ccc(S(=O)(=O)NNC(=O)c2ccc[nH]2)cc1. The molecule has 2 rings (SSSR count). The molecule has 0 radical (unpaired) electrons. The van der Waals surface area contributed by atoms with E-state index in [-0.39, 0.29) is 10.6 Å². The standard InChI is InChI=1S/C13H15N3O3S/c1-2-10-5-7-11(8-6-10)20(18,19)16-15-13(17)12-4-3-9-14-12/h3-9,14,16H,2H2,1H3,(H,15,17). The molecule has 0 saturated carbocycles. The molecule has 106 valence electrons. The zero-order valence-corrected chi connectivity index (χ0v) is 11.7. The quantitative estimate of drug-likeness (QED) is 0.723. The van der Waals surface area contributed by atoms with Crippen molar-refractivity contribution in [2.24, 2.45) is 0 Å². The van der Waals surface area contributed by atoms with Crippen molar-refractivity contribution < 1.29 is 13.2 Å². The molecule has 7 heteroatoms. The highest BCUT2D eigenvalue weighted by Gasteiger charge is 2.15. The molecule has 0 aliphatic carbocycles.